The number of halogens is 1. The van der Waals surface area contributed by atoms with Crippen LogP contribution in [0.3, 0.4) is 0 Å². The van der Waals surface area contributed by atoms with E-state index in [9.17, 15) is 13.2 Å². The number of carbonyl (C=O) groups excluding carboxylic acids is 1. The van der Waals surface area contributed by atoms with E-state index in [4.69, 9.17) is 11.6 Å². The number of thiophene rings is 1. The van der Waals surface area contributed by atoms with Crippen molar-refractivity contribution in [3.63, 3.8) is 0 Å². The summed E-state index contributed by atoms with van der Waals surface area (Å²) in [5.74, 6) is -0.344. The number of hydrogen-bond donors (Lipinski definition) is 1. The van der Waals surface area contributed by atoms with Crippen molar-refractivity contribution in [2.45, 2.75) is 17.9 Å². The number of anilines is 1. The van der Waals surface area contributed by atoms with Gasteiger partial charge in [-0.1, -0.05) is 35.9 Å². The highest BCUT2D eigenvalue weighted by atomic mass is 35.5. The molecule has 0 atom stereocenters. The van der Waals surface area contributed by atoms with Gasteiger partial charge in [-0.15, -0.1) is 11.3 Å². The second-order valence-electron chi connectivity index (χ2n) is 6.36. The Morgan fingerprint density at radius 2 is 1.96 bits per heavy atom. The molecule has 5 nitrogen and oxygen atoms in total. The summed E-state index contributed by atoms with van der Waals surface area (Å²) in [5.41, 5.74) is 1.89. The fourth-order valence-corrected chi connectivity index (χ4v) is 5.85. The van der Waals surface area contributed by atoms with Crippen molar-refractivity contribution >= 4 is 44.6 Å². The molecule has 4 rings (SSSR count). The third-order valence-corrected chi connectivity index (χ3v) is 7.78. The van der Waals surface area contributed by atoms with Gasteiger partial charge in [-0.3, -0.25) is 9.10 Å². The summed E-state index contributed by atoms with van der Waals surface area (Å²) in [4.78, 5) is 13.4. The molecule has 0 saturated heterocycles. The normalized spacial score (nSPS) is 13.4. The first kappa shape index (κ1) is 19.0. The van der Waals surface area contributed by atoms with Crippen molar-refractivity contribution in [1.29, 1.82) is 0 Å². The van der Waals surface area contributed by atoms with Gasteiger partial charge in [0, 0.05) is 17.0 Å². The zero-order valence-electron chi connectivity index (χ0n) is 14.8. The maximum Gasteiger partial charge on any atom is 0.265 e. The molecule has 144 valence electrons. The van der Waals surface area contributed by atoms with Crippen molar-refractivity contribution < 1.29 is 13.2 Å². The molecule has 0 fully saturated rings. The number of nitrogens with zero attached hydrogens (tertiary/aromatic N) is 1. The Balaban J connectivity index is 1.63. The van der Waals surface area contributed by atoms with E-state index in [1.165, 1.54) is 22.5 Å². The summed E-state index contributed by atoms with van der Waals surface area (Å²) in [6.45, 7) is 0.744. The molecule has 8 heteroatoms. The third-order valence-electron chi connectivity index (χ3n) is 4.61. The van der Waals surface area contributed by atoms with Gasteiger partial charge in [0.25, 0.3) is 15.9 Å². The molecule has 2 aromatic carbocycles. The number of amides is 1. The predicted molar refractivity (Wildman–Crippen MR) is 112 cm³/mol. The van der Waals surface area contributed by atoms with Gasteiger partial charge < -0.3 is 5.32 Å². The number of benzene rings is 2. The summed E-state index contributed by atoms with van der Waals surface area (Å²) in [5, 5.41) is 4.83. The molecule has 0 radical (unpaired) electrons. The smallest absolute Gasteiger partial charge is 0.265 e. The highest BCUT2D eigenvalue weighted by Crippen LogP contribution is 2.35. The number of carbonyl (C=O) groups is 1. The Morgan fingerprint density at radius 3 is 2.75 bits per heavy atom. The fourth-order valence-electron chi connectivity index (χ4n) is 3.20. The minimum Gasteiger partial charge on any atom is -0.347 e. The van der Waals surface area contributed by atoms with E-state index < -0.39 is 10.0 Å². The molecule has 28 heavy (non-hydrogen) atoms. The Kier molecular flexibility index (Phi) is 5.14. The standard InChI is InChI=1S/C20H17ClN2O3S2/c21-17-8-7-15(20(24)22-13-16-5-3-11-27-16)12-19(17)28(25,26)23-10-9-14-4-1-2-6-18(14)23/h1-8,11-12H,9-10,13H2,(H,22,24). The number of fused-ring (bicyclic) bond motifs is 1. The largest absolute Gasteiger partial charge is 0.347 e. The van der Waals surface area contributed by atoms with Gasteiger partial charge in [0.15, 0.2) is 0 Å². The van der Waals surface area contributed by atoms with Crippen LogP contribution in [-0.2, 0) is 23.0 Å². The second-order valence-corrected chi connectivity index (χ2v) is 9.63. The molecule has 1 aromatic heterocycles. The summed E-state index contributed by atoms with van der Waals surface area (Å²) >= 11 is 7.76. The highest BCUT2D eigenvalue weighted by molar-refractivity contribution is 7.93. The molecular formula is C20H17ClN2O3S2. The number of nitrogens with one attached hydrogen (secondary N) is 1. The zero-order valence-corrected chi connectivity index (χ0v) is 17.2. The monoisotopic (exact) mass is 432 g/mol. The number of hydrogen-bond acceptors (Lipinski definition) is 4. The molecule has 0 saturated carbocycles. The quantitative estimate of drug-likeness (QED) is 0.660. The summed E-state index contributed by atoms with van der Waals surface area (Å²) in [6.07, 6.45) is 0.647. The first-order chi connectivity index (χ1) is 13.5. The fraction of sp³-hybridized carbons (Fsp3) is 0.150. The Morgan fingerprint density at radius 1 is 1.14 bits per heavy atom. The average molecular weight is 433 g/mol. The van der Waals surface area contributed by atoms with E-state index in [0.717, 1.165) is 10.4 Å². The van der Waals surface area contributed by atoms with Crippen LogP contribution in [-0.4, -0.2) is 20.9 Å². The minimum absolute atomic E-state index is 0.0605. The highest BCUT2D eigenvalue weighted by Gasteiger charge is 2.32. The Bertz CT molecular complexity index is 1130. The lowest BCUT2D eigenvalue weighted by Gasteiger charge is -2.20. The van der Waals surface area contributed by atoms with Crippen molar-refractivity contribution in [2.24, 2.45) is 0 Å². The molecule has 0 unspecified atom stereocenters. The van der Waals surface area contributed by atoms with E-state index in [1.54, 1.807) is 17.4 Å². The van der Waals surface area contributed by atoms with Crippen LogP contribution in [0.2, 0.25) is 5.02 Å². The maximum absolute atomic E-state index is 13.2. The van der Waals surface area contributed by atoms with Crippen molar-refractivity contribution in [2.75, 3.05) is 10.8 Å². The molecule has 2 heterocycles. The number of para-hydroxylation sites is 1. The van der Waals surface area contributed by atoms with Crippen molar-refractivity contribution in [3.05, 3.63) is 81.0 Å². The number of rotatable bonds is 5. The van der Waals surface area contributed by atoms with Gasteiger partial charge in [0.05, 0.1) is 17.3 Å². The van der Waals surface area contributed by atoms with Crippen LogP contribution >= 0.6 is 22.9 Å². The zero-order chi connectivity index (χ0) is 19.7. The third kappa shape index (κ3) is 3.53. The molecule has 1 aliphatic heterocycles. The van der Waals surface area contributed by atoms with Gasteiger partial charge >= 0.3 is 0 Å². The summed E-state index contributed by atoms with van der Waals surface area (Å²) < 4.78 is 27.9. The van der Waals surface area contributed by atoms with Gasteiger partial charge in [-0.05, 0) is 47.7 Å². The van der Waals surface area contributed by atoms with Crippen LogP contribution in [0.1, 0.15) is 20.8 Å². The lowest BCUT2D eigenvalue weighted by atomic mass is 10.2. The van der Waals surface area contributed by atoms with E-state index in [-0.39, 0.29) is 21.4 Å². The van der Waals surface area contributed by atoms with Crippen LogP contribution in [0.5, 0.6) is 0 Å². The second kappa shape index (κ2) is 7.58. The van der Waals surface area contributed by atoms with Gasteiger partial charge in [0.1, 0.15) is 4.90 Å². The lowest BCUT2D eigenvalue weighted by molar-refractivity contribution is 0.0951. The molecule has 0 aliphatic carbocycles. The van der Waals surface area contributed by atoms with Crippen LogP contribution in [0.25, 0.3) is 0 Å². The molecule has 3 aromatic rings. The van der Waals surface area contributed by atoms with Crippen molar-refractivity contribution in [1.82, 2.24) is 5.32 Å². The Labute approximate surface area is 172 Å². The van der Waals surface area contributed by atoms with Crippen LogP contribution in [0.4, 0.5) is 5.69 Å². The van der Waals surface area contributed by atoms with Gasteiger partial charge in [-0.2, -0.15) is 0 Å². The predicted octanol–water partition coefficient (Wildman–Crippen LogP) is 4.08. The van der Waals surface area contributed by atoms with E-state index in [0.29, 0.717) is 25.2 Å². The Hall–Kier alpha value is -2.35. The first-order valence-corrected chi connectivity index (χ1v) is 11.4. The SMILES string of the molecule is O=C(NCc1cccs1)c1ccc(Cl)c(S(=O)(=O)N2CCc3ccccc32)c1. The maximum atomic E-state index is 13.2. The van der Waals surface area contributed by atoms with E-state index in [1.807, 2.05) is 35.7 Å². The van der Waals surface area contributed by atoms with Crippen molar-refractivity contribution in [3.8, 4) is 0 Å². The minimum atomic E-state index is -3.87. The van der Waals surface area contributed by atoms with Crippen LogP contribution in [0.15, 0.2) is 64.9 Å². The topological polar surface area (TPSA) is 66.5 Å². The summed E-state index contributed by atoms with van der Waals surface area (Å²) in [7, 11) is -3.87. The van der Waals surface area contributed by atoms with Gasteiger partial charge in [-0.25, -0.2) is 8.42 Å². The molecule has 1 N–H and O–H groups in total. The molecule has 1 aliphatic rings. The molecule has 0 spiro atoms. The van der Waals surface area contributed by atoms with E-state index >= 15 is 0 Å². The average Bonchev–Trinajstić information content (AvgIpc) is 3.36. The van der Waals surface area contributed by atoms with Crippen LogP contribution in [0, 0.1) is 0 Å². The summed E-state index contributed by atoms with van der Waals surface area (Å²) in [6, 6.07) is 15.6. The molecular weight excluding hydrogens is 416 g/mol. The molecule has 1 amide bonds. The van der Waals surface area contributed by atoms with Crippen LogP contribution < -0.4 is 9.62 Å². The van der Waals surface area contributed by atoms with Gasteiger partial charge in [0.2, 0.25) is 0 Å². The lowest BCUT2D eigenvalue weighted by Crippen LogP contribution is -2.30. The molecule has 0 bridgehead atoms. The van der Waals surface area contributed by atoms with E-state index in [2.05, 4.69) is 5.32 Å². The number of sulfonamides is 1. The first-order valence-electron chi connectivity index (χ1n) is 8.67.